The third-order valence-corrected chi connectivity index (χ3v) is 2.29. The molecule has 0 amide bonds. The van der Waals surface area contributed by atoms with Crippen LogP contribution in [0, 0.1) is 0 Å². The predicted molar refractivity (Wildman–Crippen MR) is 48.3 cm³/mol. The Balaban J connectivity index is 3.52. The van der Waals surface area contributed by atoms with Gasteiger partial charge in [0.15, 0.2) is 0 Å². The number of rotatable bonds is 2. The first-order chi connectivity index (χ1) is 8.41. The lowest BCUT2D eigenvalue weighted by atomic mass is 9.93. The molecule has 0 saturated heterocycles. The smallest absolute Gasteiger partial charge is 0.435 e. The number of alkyl halides is 7. The van der Waals surface area contributed by atoms with E-state index in [1.165, 1.54) is 0 Å². The molecule has 1 aromatic carbocycles. The van der Waals surface area contributed by atoms with Gasteiger partial charge in [-0.2, -0.15) is 26.3 Å². The minimum absolute atomic E-state index is 0.00329. The Kier molecular flexibility index (Phi) is 3.53. The molecule has 0 aromatic heterocycles. The van der Waals surface area contributed by atoms with Crippen LogP contribution in [-0.2, 0) is 5.67 Å². The zero-order valence-corrected chi connectivity index (χ0v) is 8.81. The molecule has 2 nitrogen and oxygen atoms in total. The van der Waals surface area contributed by atoms with Gasteiger partial charge in [0.25, 0.3) is 0 Å². The van der Waals surface area contributed by atoms with E-state index < -0.39 is 35.1 Å². The molecule has 1 N–H and O–H groups in total. The molecule has 1 aromatic rings. The molecule has 0 atom stereocenters. The quantitative estimate of drug-likeness (QED) is 0.844. The van der Waals surface area contributed by atoms with Crippen LogP contribution >= 0.6 is 0 Å². The van der Waals surface area contributed by atoms with Crippen LogP contribution in [0.5, 0.6) is 0 Å². The van der Waals surface area contributed by atoms with Gasteiger partial charge >= 0.3 is 24.0 Å². The van der Waals surface area contributed by atoms with Crippen molar-refractivity contribution in [3.63, 3.8) is 0 Å². The molecule has 0 aliphatic carbocycles. The van der Waals surface area contributed by atoms with Crippen LogP contribution in [0.1, 0.15) is 15.9 Å². The highest BCUT2D eigenvalue weighted by Crippen LogP contribution is 2.53. The van der Waals surface area contributed by atoms with E-state index >= 15 is 0 Å². The fourth-order valence-corrected chi connectivity index (χ4v) is 1.35. The molecule has 0 fully saturated rings. The Morgan fingerprint density at radius 1 is 0.947 bits per heavy atom. The van der Waals surface area contributed by atoms with Gasteiger partial charge in [-0.1, -0.05) is 12.1 Å². The monoisotopic (exact) mass is 290 g/mol. The molecular weight excluding hydrogens is 285 g/mol. The second-order valence-corrected chi connectivity index (χ2v) is 3.54. The van der Waals surface area contributed by atoms with E-state index in [0.29, 0.717) is 6.07 Å². The summed E-state index contributed by atoms with van der Waals surface area (Å²) in [5.41, 5.74) is -8.33. The van der Waals surface area contributed by atoms with Crippen molar-refractivity contribution in [3.8, 4) is 0 Å². The maximum absolute atomic E-state index is 13.5. The van der Waals surface area contributed by atoms with Crippen LogP contribution in [-0.4, -0.2) is 23.4 Å². The number of halogens is 7. The van der Waals surface area contributed by atoms with E-state index in [1.807, 2.05) is 0 Å². The molecule has 0 spiro atoms. The molecule has 106 valence electrons. The van der Waals surface area contributed by atoms with Crippen LogP contribution in [0.2, 0.25) is 0 Å². The van der Waals surface area contributed by atoms with Crippen molar-refractivity contribution in [2.24, 2.45) is 0 Å². The molecule has 0 saturated carbocycles. The molecule has 0 bridgehead atoms. The summed E-state index contributed by atoms with van der Waals surface area (Å²) < 4.78 is 87.8. The fourth-order valence-electron chi connectivity index (χ4n) is 1.35. The number of carbonyl (C=O) groups is 1. The molecule has 19 heavy (non-hydrogen) atoms. The lowest BCUT2D eigenvalue weighted by Crippen LogP contribution is -2.50. The second-order valence-electron chi connectivity index (χ2n) is 3.54. The van der Waals surface area contributed by atoms with Crippen molar-refractivity contribution in [1.29, 1.82) is 0 Å². The third kappa shape index (κ3) is 2.49. The number of hydrogen-bond donors (Lipinski definition) is 1. The first-order valence-electron chi connectivity index (χ1n) is 4.57. The zero-order chi connectivity index (χ0) is 15.1. The third-order valence-electron chi connectivity index (χ3n) is 2.29. The molecule has 1 rings (SSSR count). The summed E-state index contributed by atoms with van der Waals surface area (Å²) >= 11 is 0. The number of carboxylic acid groups (broad SMARTS) is 1. The minimum Gasteiger partial charge on any atom is -0.478 e. The van der Waals surface area contributed by atoms with Crippen LogP contribution in [0.4, 0.5) is 30.7 Å². The van der Waals surface area contributed by atoms with Crippen molar-refractivity contribution in [2.45, 2.75) is 18.0 Å². The van der Waals surface area contributed by atoms with Crippen LogP contribution in [0.15, 0.2) is 24.3 Å². The van der Waals surface area contributed by atoms with Gasteiger partial charge in [-0.05, 0) is 12.1 Å². The van der Waals surface area contributed by atoms with Gasteiger partial charge in [-0.3, -0.25) is 0 Å². The number of hydrogen-bond acceptors (Lipinski definition) is 1. The van der Waals surface area contributed by atoms with Gasteiger partial charge in [0.05, 0.1) is 5.56 Å². The topological polar surface area (TPSA) is 37.3 Å². The first kappa shape index (κ1) is 15.3. The van der Waals surface area contributed by atoms with Gasteiger partial charge in [-0.25, -0.2) is 9.18 Å². The highest BCUT2D eigenvalue weighted by molar-refractivity contribution is 5.87. The van der Waals surface area contributed by atoms with Gasteiger partial charge in [0, 0.05) is 5.56 Å². The van der Waals surface area contributed by atoms with Crippen LogP contribution in [0.3, 0.4) is 0 Å². The molecular formula is C10H5F7O2. The molecule has 0 heterocycles. The van der Waals surface area contributed by atoms with E-state index in [9.17, 15) is 35.5 Å². The van der Waals surface area contributed by atoms with E-state index in [2.05, 4.69) is 0 Å². The maximum Gasteiger partial charge on any atom is 0.435 e. The summed E-state index contributed by atoms with van der Waals surface area (Å²) in [5, 5.41) is 8.50. The summed E-state index contributed by atoms with van der Waals surface area (Å²) in [4.78, 5) is 10.5. The first-order valence-corrected chi connectivity index (χ1v) is 4.57. The minimum atomic E-state index is -6.26. The molecule has 0 aliphatic heterocycles. The number of carboxylic acids is 1. The lowest BCUT2D eigenvalue weighted by molar-refractivity contribution is -0.348. The summed E-state index contributed by atoms with van der Waals surface area (Å²) in [7, 11) is 0. The van der Waals surface area contributed by atoms with Gasteiger partial charge in [0.1, 0.15) is 0 Å². The summed E-state index contributed by atoms with van der Waals surface area (Å²) in [5.74, 6) is -1.77. The molecule has 9 heteroatoms. The zero-order valence-electron chi connectivity index (χ0n) is 8.81. The second kappa shape index (κ2) is 4.39. The highest BCUT2D eigenvalue weighted by Gasteiger charge is 2.73. The fraction of sp³-hybridized carbons (Fsp3) is 0.300. The van der Waals surface area contributed by atoms with E-state index in [4.69, 9.17) is 5.11 Å². The average Bonchev–Trinajstić information content (AvgIpc) is 2.25. The normalized spacial score (nSPS) is 13.4. The molecule has 0 unspecified atom stereocenters. The predicted octanol–water partition coefficient (Wildman–Crippen LogP) is 3.67. The van der Waals surface area contributed by atoms with Crippen molar-refractivity contribution >= 4 is 5.97 Å². The van der Waals surface area contributed by atoms with E-state index in [1.54, 1.807) is 0 Å². The summed E-state index contributed by atoms with van der Waals surface area (Å²) in [6.45, 7) is 0. The van der Waals surface area contributed by atoms with Crippen LogP contribution < -0.4 is 0 Å². The van der Waals surface area contributed by atoms with E-state index in [-0.39, 0.29) is 12.1 Å². The Labute approximate surface area is 101 Å². The molecule has 0 radical (unpaired) electrons. The summed E-state index contributed by atoms with van der Waals surface area (Å²) in [6.07, 6.45) is -12.5. The van der Waals surface area contributed by atoms with Gasteiger partial charge in [0.2, 0.25) is 0 Å². The maximum atomic E-state index is 13.5. The van der Waals surface area contributed by atoms with Crippen molar-refractivity contribution in [1.82, 2.24) is 0 Å². The Morgan fingerprint density at radius 2 is 1.42 bits per heavy atom. The van der Waals surface area contributed by atoms with Crippen molar-refractivity contribution < 1.29 is 40.6 Å². The number of aromatic carboxylic acids is 1. The Bertz CT molecular complexity index is 475. The van der Waals surface area contributed by atoms with E-state index in [0.717, 1.165) is 6.07 Å². The standard InChI is InChI=1S/C10H5F7O2/c11-8(9(12,13)14,10(15,16)17)6-3-1-2-5(4-6)7(18)19/h1-4H,(H,18,19). The molecule has 0 aliphatic rings. The Morgan fingerprint density at radius 3 is 1.79 bits per heavy atom. The average molecular weight is 290 g/mol. The van der Waals surface area contributed by atoms with Crippen molar-refractivity contribution in [2.75, 3.05) is 0 Å². The Hall–Kier alpha value is -1.80. The SMILES string of the molecule is O=C(O)c1cccc(C(F)(C(F)(F)F)C(F)(F)F)c1. The highest BCUT2D eigenvalue weighted by atomic mass is 19.4. The largest absolute Gasteiger partial charge is 0.478 e. The van der Waals surface area contributed by atoms with Gasteiger partial charge < -0.3 is 5.11 Å². The van der Waals surface area contributed by atoms with Crippen LogP contribution in [0.25, 0.3) is 0 Å². The van der Waals surface area contributed by atoms with Gasteiger partial charge in [-0.15, -0.1) is 0 Å². The number of benzene rings is 1. The lowest BCUT2D eigenvalue weighted by Gasteiger charge is -2.30. The van der Waals surface area contributed by atoms with Crippen molar-refractivity contribution in [3.05, 3.63) is 35.4 Å². The summed E-state index contributed by atoms with van der Waals surface area (Å²) in [6, 6.07) is 1.58.